The fourth-order valence-corrected chi connectivity index (χ4v) is 6.37. The molecular formula is C26H24N4O10S. The average molecular weight is 585 g/mol. The van der Waals surface area contributed by atoms with Crippen molar-refractivity contribution in [3.05, 3.63) is 65.0 Å². The summed E-state index contributed by atoms with van der Waals surface area (Å²) in [6.07, 6.45) is -4.54. The topological polar surface area (TPSA) is 174 Å². The highest BCUT2D eigenvalue weighted by molar-refractivity contribution is 7.91. The molecule has 0 saturated carbocycles. The smallest absolute Gasteiger partial charge is 0.303 e. The first-order chi connectivity index (χ1) is 19.5. The summed E-state index contributed by atoms with van der Waals surface area (Å²) >= 11 is 0. The van der Waals surface area contributed by atoms with Crippen molar-refractivity contribution in [2.45, 2.75) is 49.7 Å². The highest BCUT2D eigenvalue weighted by Gasteiger charge is 2.53. The van der Waals surface area contributed by atoms with E-state index < -0.39 is 68.8 Å². The predicted octanol–water partition coefficient (Wildman–Crippen LogP) is 0.959. The summed E-state index contributed by atoms with van der Waals surface area (Å²) in [7, 11) is -4.72. The minimum Gasteiger partial charge on any atom is -0.456 e. The number of hydrogen-bond acceptors (Lipinski definition) is 12. The molecule has 2 aromatic heterocycles. The second kappa shape index (κ2) is 10.7. The Morgan fingerprint density at radius 3 is 2.12 bits per heavy atom. The standard InChI is InChI=1S/C26H24N4O10S/c1-14(31)38-20-13-37-24(22(40-16(3)33)21(20)39-15(2)32)41(35,36)26-28-27-25-29(17-9-5-4-6-10-17)23(34)18-11-7-8-12-19(18)30(25)26/h4-12,20-22,24H,13H2,1-3H3/t20-,21+,22-,24+/m1/s1. The van der Waals surface area contributed by atoms with E-state index in [1.54, 1.807) is 42.5 Å². The van der Waals surface area contributed by atoms with Gasteiger partial charge in [-0.3, -0.25) is 23.6 Å². The van der Waals surface area contributed by atoms with E-state index in [4.69, 9.17) is 18.9 Å². The Labute approximate surface area is 232 Å². The number of rotatable bonds is 6. The number of para-hydroxylation sites is 2. The van der Waals surface area contributed by atoms with Crippen molar-refractivity contribution in [3.8, 4) is 5.69 Å². The molecule has 5 rings (SSSR count). The van der Waals surface area contributed by atoms with E-state index in [0.717, 1.165) is 20.8 Å². The quantitative estimate of drug-likeness (QED) is 0.232. The van der Waals surface area contributed by atoms with Gasteiger partial charge in [0.15, 0.2) is 18.3 Å². The third-order valence-electron chi connectivity index (χ3n) is 6.27. The Morgan fingerprint density at radius 2 is 1.46 bits per heavy atom. The number of carbonyl (C=O) groups excluding carboxylic acids is 3. The largest absolute Gasteiger partial charge is 0.456 e. The molecule has 2 aromatic carbocycles. The second-order valence-electron chi connectivity index (χ2n) is 9.15. The molecule has 0 bridgehead atoms. The van der Waals surface area contributed by atoms with Gasteiger partial charge in [0.25, 0.3) is 10.7 Å². The zero-order valence-corrected chi connectivity index (χ0v) is 22.8. The van der Waals surface area contributed by atoms with Gasteiger partial charge in [0.1, 0.15) is 0 Å². The Balaban J connectivity index is 1.73. The SMILES string of the molecule is CC(=O)O[C@@H]1[C@@H](OC(C)=O)[C@H](OC(C)=O)CO[C@H]1S(=O)(=O)c1nnc2n(-c3ccccc3)c(=O)c3ccccc3n12. The molecular weight excluding hydrogens is 560 g/mol. The number of ether oxygens (including phenoxy) is 4. The van der Waals surface area contributed by atoms with Gasteiger partial charge in [0, 0.05) is 20.8 Å². The third kappa shape index (κ3) is 5.04. The number of nitrogens with zero attached hydrogens (tertiary/aromatic N) is 4. The molecule has 1 aliphatic heterocycles. The normalized spacial score (nSPS) is 21.0. The third-order valence-corrected chi connectivity index (χ3v) is 8.06. The molecule has 15 heteroatoms. The Morgan fingerprint density at radius 1 is 0.854 bits per heavy atom. The molecule has 0 amide bonds. The number of sulfone groups is 1. The molecule has 1 fully saturated rings. The summed E-state index contributed by atoms with van der Waals surface area (Å²) in [4.78, 5) is 49.2. The molecule has 0 unspecified atom stereocenters. The van der Waals surface area contributed by atoms with Crippen LogP contribution in [0.25, 0.3) is 22.4 Å². The molecule has 0 radical (unpaired) electrons. The first-order valence-electron chi connectivity index (χ1n) is 12.3. The van der Waals surface area contributed by atoms with Crippen LogP contribution in [0.2, 0.25) is 0 Å². The summed E-state index contributed by atoms with van der Waals surface area (Å²) in [6, 6.07) is 14.8. The number of fused-ring (bicyclic) bond motifs is 3. The fourth-order valence-electron chi connectivity index (χ4n) is 4.75. The van der Waals surface area contributed by atoms with E-state index >= 15 is 0 Å². The van der Waals surface area contributed by atoms with Crippen molar-refractivity contribution in [3.63, 3.8) is 0 Å². The van der Waals surface area contributed by atoms with Gasteiger partial charge in [0.2, 0.25) is 21.1 Å². The van der Waals surface area contributed by atoms with E-state index in [0.29, 0.717) is 5.69 Å². The van der Waals surface area contributed by atoms with Crippen molar-refractivity contribution in [1.82, 2.24) is 19.2 Å². The Hall–Kier alpha value is -4.63. The van der Waals surface area contributed by atoms with Gasteiger partial charge >= 0.3 is 17.9 Å². The van der Waals surface area contributed by atoms with Gasteiger partial charge in [-0.25, -0.2) is 13.0 Å². The average Bonchev–Trinajstić information content (AvgIpc) is 3.36. The van der Waals surface area contributed by atoms with Crippen molar-refractivity contribution >= 4 is 44.4 Å². The molecule has 0 N–H and O–H groups in total. The number of carbonyl (C=O) groups is 3. The maximum Gasteiger partial charge on any atom is 0.303 e. The number of hydrogen-bond donors (Lipinski definition) is 0. The molecule has 4 aromatic rings. The summed E-state index contributed by atoms with van der Waals surface area (Å²) in [5, 5.41) is 7.54. The molecule has 0 spiro atoms. The summed E-state index contributed by atoms with van der Waals surface area (Å²) in [5.74, 6) is -2.61. The second-order valence-corrected chi connectivity index (χ2v) is 11.1. The number of esters is 3. The molecule has 1 saturated heterocycles. The fraction of sp³-hybridized carbons (Fsp3) is 0.308. The lowest BCUT2D eigenvalue weighted by molar-refractivity contribution is -0.214. The van der Waals surface area contributed by atoms with E-state index in [-0.39, 0.29) is 16.7 Å². The number of benzene rings is 2. The highest BCUT2D eigenvalue weighted by Crippen LogP contribution is 2.31. The van der Waals surface area contributed by atoms with Crippen molar-refractivity contribution in [2.24, 2.45) is 0 Å². The first-order valence-corrected chi connectivity index (χ1v) is 13.9. The van der Waals surface area contributed by atoms with Crippen LogP contribution >= 0.6 is 0 Å². The zero-order valence-electron chi connectivity index (χ0n) is 22.0. The van der Waals surface area contributed by atoms with Crippen molar-refractivity contribution in [1.29, 1.82) is 0 Å². The minimum atomic E-state index is -4.72. The zero-order chi connectivity index (χ0) is 29.5. The maximum absolute atomic E-state index is 14.2. The van der Waals surface area contributed by atoms with Crippen LogP contribution in [-0.4, -0.2) is 75.8 Å². The molecule has 0 aliphatic carbocycles. The molecule has 4 atom stereocenters. The lowest BCUT2D eigenvalue weighted by Crippen LogP contribution is -2.59. The molecule has 41 heavy (non-hydrogen) atoms. The lowest BCUT2D eigenvalue weighted by Gasteiger charge is -2.39. The summed E-state index contributed by atoms with van der Waals surface area (Å²) < 4.78 is 52.2. The summed E-state index contributed by atoms with van der Waals surface area (Å²) in [5.41, 5.74) is -1.81. The maximum atomic E-state index is 14.2. The van der Waals surface area contributed by atoms with Crippen LogP contribution in [0.4, 0.5) is 0 Å². The first kappa shape index (κ1) is 27.9. The van der Waals surface area contributed by atoms with E-state index in [9.17, 15) is 27.6 Å². The molecule has 1 aliphatic rings. The van der Waals surface area contributed by atoms with Crippen LogP contribution in [0.5, 0.6) is 0 Å². The van der Waals surface area contributed by atoms with Gasteiger partial charge < -0.3 is 18.9 Å². The van der Waals surface area contributed by atoms with Gasteiger partial charge in [-0.2, -0.15) is 0 Å². The van der Waals surface area contributed by atoms with Gasteiger partial charge in [-0.15, -0.1) is 10.2 Å². The van der Waals surface area contributed by atoms with Gasteiger partial charge in [0.05, 0.1) is 23.2 Å². The van der Waals surface area contributed by atoms with Gasteiger partial charge in [-0.05, 0) is 24.3 Å². The summed E-state index contributed by atoms with van der Waals surface area (Å²) in [6.45, 7) is 2.69. The van der Waals surface area contributed by atoms with Crippen LogP contribution < -0.4 is 5.56 Å². The molecule has 214 valence electrons. The van der Waals surface area contributed by atoms with Crippen molar-refractivity contribution < 1.29 is 41.7 Å². The van der Waals surface area contributed by atoms with E-state index in [2.05, 4.69) is 10.2 Å². The van der Waals surface area contributed by atoms with Crippen LogP contribution in [0.1, 0.15) is 20.8 Å². The van der Waals surface area contributed by atoms with E-state index in [1.165, 1.54) is 21.1 Å². The number of aromatic nitrogens is 4. The van der Waals surface area contributed by atoms with E-state index in [1.807, 2.05) is 0 Å². The van der Waals surface area contributed by atoms with Gasteiger partial charge in [-0.1, -0.05) is 30.3 Å². The van der Waals surface area contributed by atoms with Crippen molar-refractivity contribution in [2.75, 3.05) is 6.61 Å². The monoisotopic (exact) mass is 584 g/mol. The van der Waals surface area contributed by atoms with Crippen LogP contribution in [0.15, 0.2) is 64.5 Å². The molecule has 3 heterocycles. The van der Waals surface area contributed by atoms with Crippen LogP contribution in [0, 0.1) is 0 Å². The highest BCUT2D eigenvalue weighted by atomic mass is 32.2. The lowest BCUT2D eigenvalue weighted by atomic mass is 10.1. The predicted molar refractivity (Wildman–Crippen MR) is 140 cm³/mol. The van der Waals surface area contributed by atoms with Crippen LogP contribution in [-0.2, 0) is 43.2 Å². The van der Waals surface area contributed by atoms with Crippen LogP contribution in [0.3, 0.4) is 0 Å². The Bertz CT molecular complexity index is 1830. The molecule has 14 nitrogen and oxygen atoms in total. The minimum absolute atomic E-state index is 0.104. The Kier molecular flexibility index (Phi) is 7.31.